The molecule has 1 saturated heterocycles. The number of aromatic nitrogens is 2. The third kappa shape index (κ3) is 3.15. The second-order valence-electron chi connectivity index (χ2n) is 5.31. The number of halogens is 2. The van der Waals surface area contributed by atoms with E-state index in [1.165, 1.54) is 6.07 Å². The number of benzene rings is 1. The summed E-state index contributed by atoms with van der Waals surface area (Å²) in [6.45, 7) is -2.89. The van der Waals surface area contributed by atoms with Crippen molar-refractivity contribution >= 4 is 22.9 Å². The highest BCUT2D eigenvalue weighted by Crippen LogP contribution is 2.24. The Balaban J connectivity index is 1.73. The lowest BCUT2D eigenvalue weighted by molar-refractivity contribution is -0.151. The van der Waals surface area contributed by atoms with Gasteiger partial charge in [0, 0.05) is 13.0 Å². The molecular formula is C15H15F2N3O3. The Labute approximate surface area is 130 Å². The number of para-hydroxylation sites is 2. The van der Waals surface area contributed by atoms with Crippen LogP contribution in [0.4, 0.5) is 8.78 Å². The second kappa shape index (κ2) is 6.31. The standard InChI is InChI=1S/C15H15F2N3O3/c16-15(17)20-11-4-2-1-3-10(11)19-12(20)8-23-14(22)9-5-6-13(21)18-7-9/h1-4,9,15H,5-8H2,(H,18,21). The number of carbonyl (C=O) groups is 2. The molecule has 1 atom stereocenters. The van der Waals surface area contributed by atoms with E-state index in [0.29, 0.717) is 17.5 Å². The average Bonchev–Trinajstić information content (AvgIpc) is 2.91. The van der Waals surface area contributed by atoms with Gasteiger partial charge in [0.15, 0.2) is 5.82 Å². The van der Waals surface area contributed by atoms with Crippen LogP contribution in [0.15, 0.2) is 24.3 Å². The molecule has 8 heteroatoms. The molecule has 1 aliphatic heterocycles. The monoisotopic (exact) mass is 323 g/mol. The van der Waals surface area contributed by atoms with Gasteiger partial charge < -0.3 is 10.1 Å². The van der Waals surface area contributed by atoms with Crippen molar-refractivity contribution in [1.82, 2.24) is 14.9 Å². The summed E-state index contributed by atoms with van der Waals surface area (Å²) >= 11 is 0. The van der Waals surface area contributed by atoms with Crippen LogP contribution < -0.4 is 5.32 Å². The number of piperidine rings is 1. The van der Waals surface area contributed by atoms with Crippen LogP contribution in [0.2, 0.25) is 0 Å². The number of esters is 1. The molecule has 2 heterocycles. The van der Waals surface area contributed by atoms with Gasteiger partial charge in [0.2, 0.25) is 5.91 Å². The van der Waals surface area contributed by atoms with E-state index in [4.69, 9.17) is 4.74 Å². The summed E-state index contributed by atoms with van der Waals surface area (Å²) in [6, 6.07) is 6.50. The predicted molar refractivity (Wildman–Crippen MR) is 76.5 cm³/mol. The third-order valence-electron chi connectivity index (χ3n) is 3.81. The Morgan fingerprint density at radius 1 is 1.43 bits per heavy atom. The molecule has 122 valence electrons. The van der Waals surface area contributed by atoms with E-state index in [1.807, 2.05) is 0 Å². The van der Waals surface area contributed by atoms with Gasteiger partial charge in [-0.05, 0) is 18.6 Å². The molecule has 6 nitrogen and oxygen atoms in total. The highest BCUT2D eigenvalue weighted by molar-refractivity contribution is 5.81. The molecule has 0 saturated carbocycles. The van der Waals surface area contributed by atoms with Gasteiger partial charge in [-0.25, -0.2) is 4.98 Å². The fourth-order valence-electron chi connectivity index (χ4n) is 2.60. The summed E-state index contributed by atoms with van der Waals surface area (Å²) in [5.41, 5.74) is 0.710. The Morgan fingerprint density at radius 3 is 2.91 bits per heavy atom. The van der Waals surface area contributed by atoms with Gasteiger partial charge in [-0.1, -0.05) is 12.1 Å². The van der Waals surface area contributed by atoms with Crippen molar-refractivity contribution in [3.05, 3.63) is 30.1 Å². The van der Waals surface area contributed by atoms with Crippen LogP contribution in [0.1, 0.15) is 25.2 Å². The van der Waals surface area contributed by atoms with Crippen molar-refractivity contribution in [2.24, 2.45) is 5.92 Å². The molecule has 1 unspecified atom stereocenters. The zero-order valence-corrected chi connectivity index (χ0v) is 12.2. The van der Waals surface area contributed by atoms with E-state index < -0.39 is 18.4 Å². The van der Waals surface area contributed by atoms with E-state index in [2.05, 4.69) is 10.3 Å². The first kappa shape index (κ1) is 15.4. The molecule has 0 spiro atoms. The number of ether oxygens (including phenoxy) is 1. The lowest BCUT2D eigenvalue weighted by Crippen LogP contribution is -2.39. The number of alkyl halides is 2. The maximum atomic E-state index is 13.2. The second-order valence-corrected chi connectivity index (χ2v) is 5.31. The van der Waals surface area contributed by atoms with Crippen LogP contribution in [0.3, 0.4) is 0 Å². The molecule has 0 aliphatic carbocycles. The smallest absolute Gasteiger partial charge is 0.320 e. The third-order valence-corrected chi connectivity index (χ3v) is 3.81. The van der Waals surface area contributed by atoms with E-state index in [-0.39, 0.29) is 31.3 Å². The zero-order valence-electron chi connectivity index (χ0n) is 12.2. The first-order valence-electron chi connectivity index (χ1n) is 7.23. The Kier molecular flexibility index (Phi) is 4.22. The molecule has 0 bridgehead atoms. The van der Waals surface area contributed by atoms with Gasteiger partial charge in [-0.2, -0.15) is 8.78 Å². The number of hydrogen-bond acceptors (Lipinski definition) is 4. The summed E-state index contributed by atoms with van der Waals surface area (Å²) in [7, 11) is 0. The number of carbonyl (C=O) groups excluding carboxylic acids is 2. The number of rotatable bonds is 4. The number of nitrogens with zero attached hydrogens (tertiary/aromatic N) is 2. The minimum absolute atomic E-state index is 0.00519. The first-order valence-corrected chi connectivity index (χ1v) is 7.23. The van der Waals surface area contributed by atoms with Crippen molar-refractivity contribution < 1.29 is 23.1 Å². The predicted octanol–water partition coefficient (Wildman–Crippen LogP) is 2.00. The quantitative estimate of drug-likeness (QED) is 0.874. The Morgan fingerprint density at radius 2 is 2.22 bits per heavy atom. The number of nitrogens with one attached hydrogen (secondary N) is 1. The molecule has 2 aromatic rings. The molecule has 1 aliphatic rings. The largest absolute Gasteiger partial charge is 0.457 e. The topological polar surface area (TPSA) is 73.2 Å². The van der Waals surface area contributed by atoms with Crippen molar-refractivity contribution in [3.8, 4) is 0 Å². The Bertz CT molecular complexity index is 735. The highest BCUT2D eigenvalue weighted by atomic mass is 19.3. The zero-order chi connectivity index (χ0) is 16.4. The number of hydrogen-bond donors (Lipinski definition) is 1. The van der Waals surface area contributed by atoms with Crippen molar-refractivity contribution in [2.45, 2.75) is 26.0 Å². The maximum absolute atomic E-state index is 13.2. The number of fused-ring (bicyclic) bond motifs is 1. The fraction of sp³-hybridized carbons (Fsp3) is 0.400. The van der Waals surface area contributed by atoms with Crippen molar-refractivity contribution in [1.29, 1.82) is 0 Å². The molecular weight excluding hydrogens is 308 g/mol. The molecule has 1 aromatic carbocycles. The van der Waals surface area contributed by atoms with E-state index in [0.717, 1.165) is 4.57 Å². The lowest BCUT2D eigenvalue weighted by Gasteiger charge is -2.20. The summed E-state index contributed by atoms with van der Waals surface area (Å²) in [5.74, 6) is -1.07. The molecule has 3 rings (SSSR count). The van der Waals surface area contributed by atoms with Crippen molar-refractivity contribution in [2.75, 3.05) is 6.54 Å². The van der Waals surface area contributed by atoms with Crippen molar-refractivity contribution in [3.63, 3.8) is 0 Å². The van der Waals surface area contributed by atoms with Gasteiger partial charge in [0.25, 0.3) is 0 Å². The van der Waals surface area contributed by atoms with Crippen LogP contribution in [-0.2, 0) is 20.9 Å². The van der Waals surface area contributed by atoms with E-state index in [9.17, 15) is 18.4 Å². The van der Waals surface area contributed by atoms with Gasteiger partial charge >= 0.3 is 12.5 Å². The van der Waals surface area contributed by atoms with E-state index in [1.54, 1.807) is 18.2 Å². The first-order chi connectivity index (χ1) is 11.1. The summed E-state index contributed by atoms with van der Waals surface area (Å²) in [6.07, 6.45) is 0.658. The lowest BCUT2D eigenvalue weighted by atomic mass is 10.00. The number of amides is 1. The average molecular weight is 323 g/mol. The summed E-state index contributed by atoms with van der Waals surface area (Å²) in [4.78, 5) is 27.1. The number of imidazole rings is 1. The van der Waals surface area contributed by atoms with Crippen LogP contribution in [-0.4, -0.2) is 28.0 Å². The fourth-order valence-corrected chi connectivity index (χ4v) is 2.60. The molecule has 1 fully saturated rings. The van der Waals surface area contributed by atoms with Gasteiger partial charge in [-0.15, -0.1) is 0 Å². The highest BCUT2D eigenvalue weighted by Gasteiger charge is 2.26. The maximum Gasteiger partial charge on any atom is 0.320 e. The minimum atomic E-state index is -2.77. The minimum Gasteiger partial charge on any atom is -0.457 e. The SMILES string of the molecule is O=C1CCC(C(=O)OCc2nc3ccccc3n2C(F)F)CN1. The summed E-state index contributed by atoms with van der Waals surface area (Å²) in [5, 5.41) is 2.58. The molecule has 1 amide bonds. The Hall–Kier alpha value is -2.51. The van der Waals surface area contributed by atoms with Gasteiger partial charge in [-0.3, -0.25) is 14.2 Å². The van der Waals surface area contributed by atoms with Gasteiger partial charge in [0.05, 0.1) is 17.0 Å². The molecule has 1 aromatic heterocycles. The van der Waals surface area contributed by atoms with Crippen LogP contribution in [0.5, 0.6) is 0 Å². The van der Waals surface area contributed by atoms with Crippen LogP contribution in [0.25, 0.3) is 11.0 Å². The molecule has 23 heavy (non-hydrogen) atoms. The van der Waals surface area contributed by atoms with Crippen LogP contribution in [0, 0.1) is 5.92 Å². The normalized spacial score (nSPS) is 18.2. The van der Waals surface area contributed by atoms with E-state index >= 15 is 0 Å². The van der Waals surface area contributed by atoms with Gasteiger partial charge in [0.1, 0.15) is 6.61 Å². The van der Waals surface area contributed by atoms with Crippen LogP contribution >= 0.6 is 0 Å². The molecule has 0 radical (unpaired) electrons. The molecule has 1 N–H and O–H groups in total. The summed E-state index contributed by atoms with van der Waals surface area (Å²) < 4.78 is 32.4.